The largest absolute Gasteiger partial charge is 0.190 e. The lowest BCUT2D eigenvalue weighted by Crippen LogP contribution is -1.98. The molecule has 1 rings (SSSR count). The van der Waals surface area contributed by atoms with Gasteiger partial charge in [-0.05, 0) is 17.4 Å². The van der Waals surface area contributed by atoms with E-state index in [0.717, 1.165) is 6.54 Å². The van der Waals surface area contributed by atoms with Crippen molar-refractivity contribution in [1.82, 2.24) is 3.71 Å². The summed E-state index contributed by atoms with van der Waals surface area (Å²) in [6.07, 6.45) is 10.1. The lowest BCUT2D eigenvalue weighted by molar-refractivity contribution is 0.859. The van der Waals surface area contributed by atoms with Crippen LogP contribution >= 0.6 is 24.8 Å². The molecular formula is C7H9NS2. The number of rotatable bonds is 0. The Hall–Kier alpha value is -0.120. The number of allylic oxidation sites excluding steroid dienone is 4. The highest BCUT2D eigenvalue weighted by Gasteiger charge is 1.91. The average molecular weight is 171 g/mol. The second-order valence-electron chi connectivity index (χ2n) is 1.78. The molecule has 0 atom stereocenters. The van der Waals surface area contributed by atoms with Crippen molar-refractivity contribution in [3.05, 3.63) is 35.8 Å². The molecule has 0 unspecified atom stereocenters. The Morgan fingerprint density at radius 2 is 2.00 bits per heavy atom. The number of thiol groups is 1. The normalized spacial score (nSPS) is 29.7. The highest BCUT2D eigenvalue weighted by atomic mass is 32.2. The molecule has 0 saturated carbocycles. The van der Waals surface area contributed by atoms with Gasteiger partial charge in [-0.2, -0.15) is 3.71 Å². The van der Waals surface area contributed by atoms with Gasteiger partial charge in [-0.15, -0.1) is 0 Å². The summed E-state index contributed by atoms with van der Waals surface area (Å²) in [5.41, 5.74) is 0. The van der Waals surface area contributed by atoms with Crippen LogP contribution in [-0.2, 0) is 0 Å². The van der Waals surface area contributed by atoms with Crippen molar-refractivity contribution >= 4 is 24.8 Å². The smallest absolute Gasteiger partial charge is 0.0387 e. The molecule has 1 heterocycles. The molecule has 0 aromatic carbocycles. The third-order valence-corrected chi connectivity index (χ3v) is 2.11. The molecule has 0 N–H and O–H groups in total. The molecule has 0 amide bonds. The first-order valence-corrected chi connectivity index (χ1v) is 4.25. The van der Waals surface area contributed by atoms with Gasteiger partial charge in [0.2, 0.25) is 0 Å². The Morgan fingerprint density at radius 1 is 1.20 bits per heavy atom. The van der Waals surface area contributed by atoms with Crippen molar-refractivity contribution in [3.63, 3.8) is 0 Å². The lowest BCUT2D eigenvalue weighted by Gasteiger charge is -2.06. The Morgan fingerprint density at radius 3 is 2.90 bits per heavy atom. The SMILES string of the molecule is SN1C\C=C/C=C\C=C/S1. The predicted octanol–water partition coefficient (Wildman–Crippen LogP) is 2.42. The highest BCUT2D eigenvalue weighted by molar-refractivity contribution is 8.07. The first-order chi connectivity index (χ1) is 4.89. The van der Waals surface area contributed by atoms with Crippen molar-refractivity contribution < 1.29 is 0 Å². The molecular weight excluding hydrogens is 162 g/mol. The maximum absolute atomic E-state index is 4.19. The standard InChI is InChI=1S/C7H9NS2/c9-8-6-4-2-1-3-5-7-10-8/h1-5,7,9H,6H2/b3-1-,4-2-,7-5-. The number of hydrogen-bond donors (Lipinski definition) is 1. The van der Waals surface area contributed by atoms with Crippen LogP contribution in [0.1, 0.15) is 0 Å². The monoisotopic (exact) mass is 171 g/mol. The van der Waals surface area contributed by atoms with Gasteiger partial charge >= 0.3 is 0 Å². The second-order valence-corrected chi connectivity index (χ2v) is 3.46. The Bertz CT molecular complexity index is 154. The Labute approximate surface area is 71.2 Å². The molecule has 0 bridgehead atoms. The van der Waals surface area contributed by atoms with E-state index in [1.807, 2.05) is 33.4 Å². The second kappa shape index (κ2) is 4.66. The lowest BCUT2D eigenvalue weighted by atomic mass is 10.4. The van der Waals surface area contributed by atoms with E-state index in [-0.39, 0.29) is 0 Å². The van der Waals surface area contributed by atoms with Gasteiger partial charge in [0.1, 0.15) is 0 Å². The molecule has 0 fully saturated rings. The Kier molecular flexibility index (Phi) is 3.72. The molecule has 0 saturated heterocycles. The van der Waals surface area contributed by atoms with Crippen molar-refractivity contribution in [2.45, 2.75) is 0 Å². The summed E-state index contributed by atoms with van der Waals surface area (Å²) in [5.74, 6) is 0. The van der Waals surface area contributed by atoms with Crippen molar-refractivity contribution in [3.8, 4) is 0 Å². The van der Waals surface area contributed by atoms with Gasteiger partial charge in [-0.3, -0.25) is 0 Å². The minimum Gasteiger partial charge on any atom is -0.190 e. The van der Waals surface area contributed by atoms with E-state index in [4.69, 9.17) is 0 Å². The molecule has 0 aromatic heterocycles. The van der Waals surface area contributed by atoms with Crippen LogP contribution in [-0.4, -0.2) is 10.3 Å². The molecule has 0 radical (unpaired) electrons. The molecule has 1 aliphatic heterocycles. The van der Waals surface area contributed by atoms with E-state index in [2.05, 4.69) is 18.9 Å². The minimum absolute atomic E-state index is 0.864. The molecule has 54 valence electrons. The summed E-state index contributed by atoms with van der Waals surface area (Å²) in [6, 6.07) is 0. The fourth-order valence-electron chi connectivity index (χ4n) is 0.552. The van der Waals surface area contributed by atoms with E-state index < -0.39 is 0 Å². The summed E-state index contributed by atoms with van der Waals surface area (Å²) >= 11 is 5.77. The van der Waals surface area contributed by atoms with Gasteiger partial charge in [-0.25, -0.2) is 0 Å². The summed E-state index contributed by atoms with van der Waals surface area (Å²) in [5, 5.41) is 2.00. The van der Waals surface area contributed by atoms with Crippen LogP contribution < -0.4 is 0 Å². The Balaban J connectivity index is 2.52. The van der Waals surface area contributed by atoms with Crippen molar-refractivity contribution in [1.29, 1.82) is 0 Å². The maximum Gasteiger partial charge on any atom is 0.0387 e. The van der Waals surface area contributed by atoms with Crippen LogP contribution in [0.15, 0.2) is 35.8 Å². The van der Waals surface area contributed by atoms with Gasteiger partial charge in [0.05, 0.1) is 0 Å². The van der Waals surface area contributed by atoms with Gasteiger partial charge in [0.25, 0.3) is 0 Å². The maximum atomic E-state index is 4.19. The molecule has 0 aromatic rings. The fourth-order valence-corrected chi connectivity index (χ4v) is 1.28. The highest BCUT2D eigenvalue weighted by Crippen LogP contribution is 2.14. The van der Waals surface area contributed by atoms with Crippen LogP contribution in [0.4, 0.5) is 0 Å². The third-order valence-electron chi connectivity index (χ3n) is 0.992. The van der Waals surface area contributed by atoms with E-state index in [0.29, 0.717) is 0 Å². The zero-order valence-corrected chi connectivity index (χ0v) is 7.18. The van der Waals surface area contributed by atoms with Crippen LogP contribution in [0.2, 0.25) is 0 Å². The summed E-state index contributed by atoms with van der Waals surface area (Å²) in [6.45, 7) is 0.864. The molecule has 1 aliphatic rings. The summed E-state index contributed by atoms with van der Waals surface area (Å²) < 4.78 is 1.86. The van der Waals surface area contributed by atoms with Gasteiger partial charge in [-0.1, -0.05) is 43.2 Å². The molecule has 10 heavy (non-hydrogen) atoms. The molecule has 0 aliphatic carbocycles. The summed E-state index contributed by atoms with van der Waals surface area (Å²) in [4.78, 5) is 0. The topological polar surface area (TPSA) is 3.24 Å². The third kappa shape index (κ3) is 3.15. The fraction of sp³-hybridized carbons (Fsp3) is 0.143. The molecule has 3 heteroatoms. The van der Waals surface area contributed by atoms with Crippen LogP contribution in [0.5, 0.6) is 0 Å². The van der Waals surface area contributed by atoms with Gasteiger partial charge in [0, 0.05) is 6.54 Å². The number of nitrogens with zero attached hydrogens (tertiary/aromatic N) is 1. The van der Waals surface area contributed by atoms with Crippen LogP contribution in [0.3, 0.4) is 0 Å². The first-order valence-electron chi connectivity index (χ1n) is 3.01. The summed E-state index contributed by atoms with van der Waals surface area (Å²) in [7, 11) is 0. The van der Waals surface area contributed by atoms with E-state index in [9.17, 15) is 0 Å². The van der Waals surface area contributed by atoms with E-state index in [1.165, 1.54) is 0 Å². The first kappa shape index (κ1) is 7.98. The predicted molar refractivity (Wildman–Crippen MR) is 50.7 cm³/mol. The average Bonchev–Trinajstić information content (AvgIpc) is 2.02. The van der Waals surface area contributed by atoms with E-state index in [1.54, 1.807) is 11.9 Å². The number of hydrogen-bond acceptors (Lipinski definition) is 3. The van der Waals surface area contributed by atoms with Crippen molar-refractivity contribution in [2.75, 3.05) is 6.54 Å². The van der Waals surface area contributed by atoms with Crippen molar-refractivity contribution in [2.24, 2.45) is 0 Å². The van der Waals surface area contributed by atoms with Gasteiger partial charge < -0.3 is 0 Å². The minimum atomic E-state index is 0.864. The quantitative estimate of drug-likeness (QED) is 0.440. The molecule has 0 spiro atoms. The van der Waals surface area contributed by atoms with E-state index >= 15 is 0 Å². The zero-order valence-electron chi connectivity index (χ0n) is 5.47. The molecule has 1 nitrogen and oxygen atoms in total. The van der Waals surface area contributed by atoms with Crippen LogP contribution in [0.25, 0.3) is 0 Å². The zero-order chi connectivity index (χ0) is 7.23. The van der Waals surface area contributed by atoms with Gasteiger partial charge in [0.15, 0.2) is 0 Å². The van der Waals surface area contributed by atoms with Crippen LogP contribution in [0, 0.1) is 0 Å².